The third-order valence-corrected chi connectivity index (χ3v) is 4.16. The highest BCUT2D eigenvalue weighted by Crippen LogP contribution is 2.28. The largest absolute Gasteiger partial charge is 0.328 e. The molecule has 1 rings (SSSR count). The number of thioether (sulfide) groups is 1. The van der Waals surface area contributed by atoms with Gasteiger partial charge in [-0.15, -0.1) is 11.8 Å². The molecule has 0 aliphatic carbocycles. The molecule has 0 saturated carbocycles. The van der Waals surface area contributed by atoms with Gasteiger partial charge in [-0.1, -0.05) is 29.8 Å². The Hall–Kier alpha value is 0.01000. The lowest BCUT2D eigenvalue weighted by molar-refractivity contribution is 0.632. The smallest absolute Gasteiger partial charge is 0.0178 e. The second kappa shape index (κ2) is 7.45. The predicted molar refractivity (Wildman–Crippen MR) is 81.7 cm³/mol. The van der Waals surface area contributed by atoms with Crippen LogP contribution in [0.4, 0.5) is 0 Å². The van der Waals surface area contributed by atoms with Crippen LogP contribution >= 0.6 is 27.7 Å². The van der Waals surface area contributed by atoms with E-state index in [9.17, 15) is 0 Å². The summed E-state index contributed by atoms with van der Waals surface area (Å²) in [5.41, 5.74) is 7.26. The van der Waals surface area contributed by atoms with Crippen LogP contribution in [0.2, 0.25) is 0 Å². The summed E-state index contributed by atoms with van der Waals surface area (Å²) < 4.78 is 1.14. The monoisotopic (exact) mass is 315 g/mol. The zero-order valence-electron chi connectivity index (χ0n) is 10.9. The number of benzene rings is 1. The zero-order chi connectivity index (χ0) is 12.8. The van der Waals surface area contributed by atoms with Gasteiger partial charge in [0.25, 0.3) is 0 Å². The molecule has 0 heterocycles. The minimum atomic E-state index is 0.216. The first kappa shape index (κ1) is 15.1. The molecule has 17 heavy (non-hydrogen) atoms. The normalized spacial score (nSPS) is 13.1. The molecule has 0 aliphatic heterocycles. The van der Waals surface area contributed by atoms with Crippen molar-refractivity contribution in [2.75, 3.05) is 5.75 Å². The first-order chi connectivity index (χ1) is 7.99. The molecule has 1 unspecified atom stereocenters. The third-order valence-electron chi connectivity index (χ3n) is 2.52. The maximum Gasteiger partial charge on any atom is 0.0178 e. The Morgan fingerprint density at radius 3 is 2.59 bits per heavy atom. The van der Waals surface area contributed by atoms with Gasteiger partial charge in [0, 0.05) is 15.4 Å². The molecule has 0 saturated heterocycles. The fourth-order valence-electron chi connectivity index (χ4n) is 1.60. The molecule has 0 spiro atoms. The molecule has 1 aromatic carbocycles. The Morgan fingerprint density at radius 1 is 1.29 bits per heavy atom. The molecule has 3 heteroatoms. The van der Waals surface area contributed by atoms with Gasteiger partial charge in [-0.2, -0.15) is 0 Å². The highest BCUT2D eigenvalue weighted by molar-refractivity contribution is 9.10. The number of hydrogen-bond donors (Lipinski definition) is 1. The summed E-state index contributed by atoms with van der Waals surface area (Å²) in [5.74, 6) is 1.96. The third kappa shape index (κ3) is 5.94. The minimum absolute atomic E-state index is 0.216. The summed E-state index contributed by atoms with van der Waals surface area (Å²) in [7, 11) is 0. The average Bonchev–Trinajstić information content (AvgIpc) is 2.20. The quantitative estimate of drug-likeness (QED) is 0.783. The van der Waals surface area contributed by atoms with Crippen molar-refractivity contribution in [3.63, 3.8) is 0 Å². The lowest BCUT2D eigenvalue weighted by atomic mass is 10.1. The van der Waals surface area contributed by atoms with Gasteiger partial charge in [-0.25, -0.2) is 0 Å². The lowest BCUT2D eigenvalue weighted by Crippen LogP contribution is -2.18. The predicted octanol–water partition coefficient (Wildman–Crippen LogP) is 4.48. The molecular weight excluding hydrogens is 294 g/mol. The van der Waals surface area contributed by atoms with Crippen LogP contribution in [0.5, 0.6) is 0 Å². The maximum absolute atomic E-state index is 5.90. The van der Waals surface area contributed by atoms with Crippen LogP contribution in [0.25, 0.3) is 0 Å². The topological polar surface area (TPSA) is 26.0 Å². The molecule has 0 radical (unpaired) electrons. The summed E-state index contributed by atoms with van der Waals surface area (Å²) in [6.07, 6.45) is 2.21. The van der Waals surface area contributed by atoms with Crippen molar-refractivity contribution in [1.29, 1.82) is 0 Å². The van der Waals surface area contributed by atoms with Crippen LogP contribution in [0.3, 0.4) is 0 Å². The highest BCUT2D eigenvalue weighted by atomic mass is 79.9. The van der Waals surface area contributed by atoms with Gasteiger partial charge in [0.2, 0.25) is 0 Å². The number of halogens is 1. The van der Waals surface area contributed by atoms with Gasteiger partial charge in [-0.3, -0.25) is 0 Å². The Kier molecular flexibility index (Phi) is 6.60. The summed E-state index contributed by atoms with van der Waals surface area (Å²) in [5, 5.41) is 0. The van der Waals surface area contributed by atoms with Crippen molar-refractivity contribution < 1.29 is 0 Å². The zero-order valence-corrected chi connectivity index (χ0v) is 13.3. The fourth-order valence-corrected chi connectivity index (χ4v) is 3.31. The van der Waals surface area contributed by atoms with Crippen molar-refractivity contribution in [1.82, 2.24) is 0 Å². The molecule has 0 fully saturated rings. The standard InChI is InChI=1S/C14H22BrNS/c1-10(2)6-7-17-14-5-4-13(15)9-12(14)8-11(3)16/h4-5,9-11H,6-8,16H2,1-3H3. The number of nitrogens with two attached hydrogens (primary N) is 1. The van der Waals surface area contributed by atoms with Crippen molar-refractivity contribution in [2.24, 2.45) is 11.7 Å². The summed E-state index contributed by atoms with van der Waals surface area (Å²) in [6, 6.07) is 6.73. The molecule has 1 atom stereocenters. The van der Waals surface area contributed by atoms with Crippen LogP contribution < -0.4 is 5.73 Å². The maximum atomic E-state index is 5.90. The second-order valence-electron chi connectivity index (χ2n) is 4.96. The van der Waals surface area contributed by atoms with E-state index in [1.54, 1.807) is 0 Å². The van der Waals surface area contributed by atoms with Crippen LogP contribution in [-0.2, 0) is 6.42 Å². The molecule has 0 bridgehead atoms. The van der Waals surface area contributed by atoms with E-state index in [1.165, 1.54) is 22.6 Å². The van der Waals surface area contributed by atoms with E-state index < -0.39 is 0 Å². The van der Waals surface area contributed by atoms with Gasteiger partial charge in [0.15, 0.2) is 0 Å². The molecule has 1 nitrogen and oxygen atoms in total. The Balaban J connectivity index is 2.68. The first-order valence-corrected chi connectivity index (χ1v) is 7.93. The molecule has 2 N–H and O–H groups in total. The highest BCUT2D eigenvalue weighted by Gasteiger charge is 2.07. The summed E-state index contributed by atoms with van der Waals surface area (Å²) >= 11 is 5.48. The minimum Gasteiger partial charge on any atom is -0.328 e. The first-order valence-electron chi connectivity index (χ1n) is 6.16. The van der Waals surface area contributed by atoms with Gasteiger partial charge in [0.1, 0.15) is 0 Å². The lowest BCUT2D eigenvalue weighted by Gasteiger charge is -2.12. The van der Waals surface area contributed by atoms with Crippen molar-refractivity contribution in [3.8, 4) is 0 Å². The van der Waals surface area contributed by atoms with Gasteiger partial charge >= 0.3 is 0 Å². The van der Waals surface area contributed by atoms with Gasteiger partial charge < -0.3 is 5.73 Å². The van der Waals surface area contributed by atoms with Crippen LogP contribution in [0, 0.1) is 5.92 Å². The SMILES string of the molecule is CC(C)CCSc1ccc(Br)cc1CC(C)N. The Morgan fingerprint density at radius 2 is 2.00 bits per heavy atom. The van der Waals surface area contributed by atoms with E-state index in [0.29, 0.717) is 0 Å². The fraction of sp³-hybridized carbons (Fsp3) is 0.571. The Labute approximate surface area is 118 Å². The van der Waals surface area contributed by atoms with Crippen molar-refractivity contribution >= 4 is 27.7 Å². The van der Waals surface area contributed by atoms with Gasteiger partial charge in [-0.05, 0) is 55.2 Å². The van der Waals surface area contributed by atoms with Crippen molar-refractivity contribution in [3.05, 3.63) is 28.2 Å². The average molecular weight is 316 g/mol. The number of hydrogen-bond acceptors (Lipinski definition) is 2. The van der Waals surface area contributed by atoms with E-state index in [2.05, 4.69) is 54.9 Å². The van der Waals surface area contributed by atoms with Crippen LogP contribution in [0.1, 0.15) is 32.8 Å². The van der Waals surface area contributed by atoms with Crippen molar-refractivity contribution in [2.45, 2.75) is 44.6 Å². The molecule has 0 aromatic heterocycles. The Bertz CT molecular complexity index is 350. The molecule has 1 aromatic rings. The molecular formula is C14H22BrNS. The van der Waals surface area contributed by atoms with Crippen LogP contribution in [-0.4, -0.2) is 11.8 Å². The summed E-state index contributed by atoms with van der Waals surface area (Å²) in [4.78, 5) is 1.38. The van der Waals surface area contributed by atoms with E-state index >= 15 is 0 Å². The van der Waals surface area contributed by atoms with Crippen LogP contribution in [0.15, 0.2) is 27.6 Å². The summed E-state index contributed by atoms with van der Waals surface area (Å²) in [6.45, 7) is 6.60. The second-order valence-corrected chi connectivity index (χ2v) is 7.02. The van der Waals surface area contributed by atoms with Gasteiger partial charge in [0.05, 0.1) is 0 Å². The molecule has 0 amide bonds. The molecule has 96 valence electrons. The van der Waals surface area contributed by atoms with E-state index in [1.807, 2.05) is 11.8 Å². The molecule has 0 aliphatic rings. The van der Waals surface area contributed by atoms with E-state index in [0.717, 1.165) is 16.8 Å². The van der Waals surface area contributed by atoms with E-state index in [4.69, 9.17) is 5.73 Å². The van der Waals surface area contributed by atoms with E-state index in [-0.39, 0.29) is 6.04 Å². The number of rotatable bonds is 6.